The third kappa shape index (κ3) is 4.25. The first kappa shape index (κ1) is 15.9. The molecule has 0 bridgehead atoms. The van der Waals surface area contributed by atoms with Gasteiger partial charge in [0.15, 0.2) is 5.78 Å². The van der Waals surface area contributed by atoms with Crippen molar-refractivity contribution >= 4 is 17.2 Å². The van der Waals surface area contributed by atoms with Crippen molar-refractivity contribution in [3.63, 3.8) is 0 Å². The number of phenols is 1. The number of hydrogen-bond donors (Lipinski definition) is 1. The van der Waals surface area contributed by atoms with E-state index in [9.17, 15) is 9.90 Å². The van der Waals surface area contributed by atoms with Gasteiger partial charge in [0.25, 0.3) is 0 Å². The van der Waals surface area contributed by atoms with Gasteiger partial charge in [-0.2, -0.15) is 5.11 Å². The first-order valence-electron chi connectivity index (χ1n) is 7.45. The van der Waals surface area contributed by atoms with Gasteiger partial charge in [-0.1, -0.05) is 19.4 Å². The Balaban J connectivity index is 2.16. The van der Waals surface area contributed by atoms with Crippen LogP contribution in [-0.4, -0.2) is 10.9 Å². The zero-order chi connectivity index (χ0) is 15.9. The molecule has 0 saturated carbocycles. The number of azo groups is 1. The highest BCUT2D eigenvalue weighted by Crippen LogP contribution is 2.29. The van der Waals surface area contributed by atoms with E-state index in [0.717, 1.165) is 24.8 Å². The summed E-state index contributed by atoms with van der Waals surface area (Å²) in [5.41, 5.74) is 2.89. The molecule has 4 heteroatoms. The largest absolute Gasteiger partial charge is 0.506 e. The van der Waals surface area contributed by atoms with Crippen LogP contribution >= 0.6 is 0 Å². The predicted octanol–water partition coefficient (Wildman–Crippen LogP) is 5.35. The number of hydrogen-bond acceptors (Lipinski definition) is 4. The van der Waals surface area contributed by atoms with Gasteiger partial charge in [-0.3, -0.25) is 4.79 Å². The molecule has 0 amide bonds. The summed E-state index contributed by atoms with van der Waals surface area (Å²) < 4.78 is 0. The van der Waals surface area contributed by atoms with Crippen LogP contribution in [0.25, 0.3) is 0 Å². The van der Waals surface area contributed by atoms with E-state index in [2.05, 4.69) is 17.2 Å². The van der Waals surface area contributed by atoms with Crippen LogP contribution in [0.2, 0.25) is 0 Å². The number of phenolic OH excluding ortho intramolecular Hbond substituents is 1. The number of rotatable bonds is 6. The van der Waals surface area contributed by atoms with E-state index in [4.69, 9.17) is 0 Å². The number of benzene rings is 2. The van der Waals surface area contributed by atoms with Gasteiger partial charge in [-0.25, -0.2) is 0 Å². The lowest BCUT2D eigenvalue weighted by Gasteiger charge is -2.03. The van der Waals surface area contributed by atoms with Gasteiger partial charge in [0.1, 0.15) is 11.4 Å². The molecule has 0 aliphatic carbocycles. The number of unbranched alkanes of at least 4 members (excludes halogenated alkanes) is 1. The summed E-state index contributed by atoms with van der Waals surface area (Å²) in [6.07, 6.45) is 3.20. The molecule has 114 valence electrons. The number of carbonyl (C=O) groups excluding carboxylic acids is 1. The van der Waals surface area contributed by atoms with Crippen molar-refractivity contribution in [2.75, 3.05) is 0 Å². The Labute approximate surface area is 130 Å². The number of ketones is 1. The average Bonchev–Trinajstić information content (AvgIpc) is 2.53. The minimum Gasteiger partial charge on any atom is -0.506 e. The average molecular weight is 296 g/mol. The fraction of sp³-hybridized carbons (Fsp3) is 0.278. The molecule has 22 heavy (non-hydrogen) atoms. The van der Waals surface area contributed by atoms with Crippen LogP contribution in [0.15, 0.2) is 52.7 Å². The zero-order valence-electron chi connectivity index (χ0n) is 12.9. The summed E-state index contributed by atoms with van der Waals surface area (Å²) in [6.45, 7) is 3.67. The lowest BCUT2D eigenvalue weighted by atomic mass is 10.1. The van der Waals surface area contributed by atoms with Crippen molar-refractivity contribution < 1.29 is 9.90 Å². The van der Waals surface area contributed by atoms with Crippen molar-refractivity contribution in [1.29, 1.82) is 0 Å². The van der Waals surface area contributed by atoms with Crippen molar-refractivity contribution in [3.05, 3.63) is 53.6 Å². The molecule has 2 aromatic rings. The Morgan fingerprint density at radius 1 is 1.09 bits per heavy atom. The molecule has 0 aromatic heterocycles. The Bertz CT molecular complexity index is 676. The van der Waals surface area contributed by atoms with Crippen molar-refractivity contribution in [2.24, 2.45) is 10.2 Å². The number of carbonyl (C=O) groups is 1. The zero-order valence-corrected chi connectivity index (χ0v) is 12.9. The second-order valence-corrected chi connectivity index (χ2v) is 5.23. The molecule has 0 heterocycles. The normalized spacial score (nSPS) is 11.0. The molecular weight excluding hydrogens is 276 g/mol. The predicted molar refractivity (Wildman–Crippen MR) is 87.3 cm³/mol. The van der Waals surface area contributed by atoms with Crippen LogP contribution in [0, 0.1) is 0 Å². The van der Waals surface area contributed by atoms with Gasteiger partial charge in [-0.05, 0) is 61.7 Å². The van der Waals surface area contributed by atoms with E-state index in [1.807, 2.05) is 12.1 Å². The fourth-order valence-electron chi connectivity index (χ4n) is 2.06. The van der Waals surface area contributed by atoms with Gasteiger partial charge in [0, 0.05) is 5.56 Å². The van der Waals surface area contributed by atoms with Crippen molar-refractivity contribution in [3.8, 4) is 5.75 Å². The smallest absolute Gasteiger partial charge is 0.159 e. The fourth-order valence-corrected chi connectivity index (χ4v) is 2.06. The van der Waals surface area contributed by atoms with Crippen LogP contribution in [0.1, 0.15) is 42.6 Å². The number of aromatic hydroxyl groups is 1. The number of Topliss-reactive ketones (excluding diaryl/α,β-unsaturated/α-hetero) is 1. The van der Waals surface area contributed by atoms with E-state index in [1.54, 1.807) is 30.3 Å². The van der Waals surface area contributed by atoms with E-state index >= 15 is 0 Å². The van der Waals surface area contributed by atoms with Crippen molar-refractivity contribution in [2.45, 2.75) is 33.1 Å². The van der Waals surface area contributed by atoms with Crippen LogP contribution in [0.3, 0.4) is 0 Å². The molecular formula is C18H20N2O2. The van der Waals surface area contributed by atoms with Gasteiger partial charge >= 0.3 is 0 Å². The van der Waals surface area contributed by atoms with Gasteiger partial charge < -0.3 is 5.11 Å². The molecule has 0 saturated heterocycles. The Morgan fingerprint density at radius 2 is 1.82 bits per heavy atom. The van der Waals surface area contributed by atoms with Crippen LogP contribution in [-0.2, 0) is 6.42 Å². The molecule has 0 unspecified atom stereocenters. The second-order valence-electron chi connectivity index (χ2n) is 5.23. The summed E-state index contributed by atoms with van der Waals surface area (Å²) >= 11 is 0. The minimum absolute atomic E-state index is 0.0183. The molecule has 2 rings (SSSR count). The highest BCUT2D eigenvalue weighted by molar-refractivity contribution is 5.94. The van der Waals surface area contributed by atoms with E-state index < -0.39 is 0 Å². The number of aryl methyl sites for hydroxylation is 1. The number of nitrogens with zero attached hydrogens (tertiary/aromatic N) is 2. The third-order valence-electron chi connectivity index (χ3n) is 3.41. The molecule has 0 aliphatic heterocycles. The maximum atomic E-state index is 11.2. The van der Waals surface area contributed by atoms with E-state index in [1.165, 1.54) is 6.92 Å². The summed E-state index contributed by atoms with van der Waals surface area (Å²) in [6, 6.07) is 12.3. The molecule has 0 radical (unpaired) electrons. The third-order valence-corrected chi connectivity index (χ3v) is 3.41. The maximum absolute atomic E-state index is 11.2. The Morgan fingerprint density at radius 3 is 2.45 bits per heavy atom. The topological polar surface area (TPSA) is 62.0 Å². The second kappa shape index (κ2) is 7.50. The molecule has 1 N–H and O–H groups in total. The summed E-state index contributed by atoms with van der Waals surface area (Å²) in [7, 11) is 0. The van der Waals surface area contributed by atoms with Crippen LogP contribution < -0.4 is 0 Å². The van der Waals surface area contributed by atoms with Crippen LogP contribution in [0.4, 0.5) is 11.4 Å². The lowest BCUT2D eigenvalue weighted by Crippen LogP contribution is -1.89. The van der Waals surface area contributed by atoms with E-state index in [0.29, 0.717) is 16.9 Å². The highest BCUT2D eigenvalue weighted by atomic mass is 16.3. The molecule has 4 nitrogen and oxygen atoms in total. The Hall–Kier alpha value is -2.49. The first-order valence-corrected chi connectivity index (χ1v) is 7.45. The molecule has 0 aliphatic rings. The minimum atomic E-state index is 0.0183. The van der Waals surface area contributed by atoms with Crippen molar-refractivity contribution in [1.82, 2.24) is 0 Å². The molecule has 0 atom stereocenters. The standard InChI is InChI=1S/C18H20N2O2/c1-3-4-5-14-6-11-18(22)17(12-14)20-19-16-9-7-15(8-10-16)13(2)21/h6-12,22H,3-5H2,1-2H3. The van der Waals surface area contributed by atoms with Gasteiger partial charge in [0.05, 0.1) is 5.69 Å². The summed E-state index contributed by atoms with van der Waals surface area (Å²) in [5, 5.41) is 18.1. The molecule has 0 spiro atoms. The first-order chi connectivity index (χ1) is 10.6. The van der Waals surface area contributed by atoms with Gasteiger partial charge in [-0.15, -0.1) is 5.11 Å². The Kier molecular flexibility index (Phi) is 5.42. The van der Waals surface area contributed by atoms with Gasteiger partial charge in [0.2, 0.25) is 0 Å². The summed E-state index contributed by atoms with van der Waals surface area (Å²) in [4.78, 5) is 11.2. The molecule has 2 aromatic carbocycles. The van der Waals surface area contributed by atoms with E-state index in [-0.39, 0.29) is 11.5 Å². The van der Waals surface area contributed by atoms with Crippen LogP contribution in [0.5, 0.6) is 5.75 Å². The monoisotopic (exact) mass is 296 g/mol. The lowest BCUT2D eigenvalue weighted by molar-refractivity contribution is 0.101. The quantitative estimate of drug-likeness (QED) is 0.576. The molecule has 0 fully saturated rings. The highest BCUT2D eigenvalue weighted by Gasteiger charge is 2.03. The summed E-state index contributed by atoms with van der Waals surface area (Å²) in [5.74, 6) is 0.133. The SMILES string of the molecule is CCCCc1ccc(O)c(N=Nc2ccc(C(C)=O)cc2)c1. The maximum Gasteiger partial charge on any atom is 0.159 e.